The lowest BCUT2D eigenvalue weighted by atomic mass is 10.0. The number of para-hydroxylation sites is 1. The predicted octanol–water partition coefficient (Wildman–Crippen LogP) is 3.60. The van der Waals surface area contributed by atoms with Crippen molar-refractivity contribution < 1.29 is 14.3 Å². The van der Waals surface area contributed by atoms with E-state index in [2.05, 4.69) is 11.5 Å². The Balaban J connectivity index is 2.07. The van der Waals surface area contributed by atoms with E-state index in [1.807, 2.05) is 42.6 Å². The third-order valence-corrected chi connectivity index (χ3v) is 4.86. The van der Waals surface area contributed by atoms with Gasteiger partial charge in [-0.25, -0.2) is 5.01 Å². The van der Waals surface area contributed by atoms with Crippen LogP contribution >= 0.6 is 11.3 Å². The minimum Gasteiger partial charge on any atom is -0.493 e. The molecule has 2 aromatic rings. The fraction of sp³-hybridized carbons (Fsp3) is 0.278. The van der Waals surface area contributed by atoms with Crippen LogP contribution in [0.3, 0.4) is 0 Å². The maximum atomic E-state index is 12.4. The number of amides is 1. The molecule has 3 rings (SSSR count). The van der Waals surface area contributed by atoms with Crippen molar-refractivity contribution in [2.45, 2.75) is 19.4 Å². The molecule has 0 fully saturated rings. The second-order valence-corrected chi connectivity index (χ2v) is 6.26. The molecule has 1 aromatic heterocycles. The first kappa shape index (κ1) is 16.4. The Labute approximate surface area is 145 Å². The molecule has 2 heterocycles. The minimum absolute atomic E-state index is 0.0210. The molecule has 1 atom stereocenters. The topological polar surface area (TPSA) is 50.8 Å². The number of nitrogens with one attached hydrogen (secondary N) is 1. The van der Waals surface area contributed by atoms with Crippen LogP contribution in [0.2, 0.25) is 0 Å². The van der Waals surface area contributed by atoms with Crippen LogP contribution in [0.25, 0.3) is 5.70 Å². The van der Waals surface area contributed by atoms with Crippen molar-refractivity contribution in [3.63, 3.8) is 0 Å². The zero-order chi connectivity index (χ0) is 17.1. The molecule has 126 valence electrons. The van der Waals surface area contributed by atoms with Crippen LogP contribution in [-0.2, 0) is 4.79 Å². The van der Waals surface area contributed by atoms with Gasteiger partial charge in [0.15, 0.2) is 11.5 Å². The summed E-state index contributed by atoms with van der Waals surface area (Å²) in [6.45, 7) is 1.85. The van der Waals surface area contributed by atoms with Crippen molar-refractivity contribution >= 4 is 22.9 Å². The lowest BCUT2D eigenvalue weighted by molar-refractivity contribution is -0.134. The fourth-order valence-electron chi connectivity index (χ4n) is 2.80. The van der Waals surface area contributed by atoms with Crippen LogP contribution in [0.5, 0.6) is 11.5 Å². The van der Waals surface area contributed by atoms with Gasteiger partial charge in [-0.1, -0.05) is 25.1 Å². The van der Waals surface area contributed by atoms with Crippen molar-refractivity contribution in [2.24, 2.45) is 0 Å². The molecule has 0 radical (unpaired) electrons. The average molecular weight is 344 g/mol. The van der Waals surface area contributed by atoms with E-state index in [4.69, 9.17) is 9.47 Å². The third kappa shape index (κ3) is 2.85. The highest BCUT2D eigenvalue weighted by Crippen LogP contribution is 2.41. The van der Waals surface area contributed by atoms with Crippen LogP contribution in [0, 0.1) is 0 Å². The number of ether oxygens (including phenoxy) is 2. The van der Waals surface area contributed by atoms with Gasteiger partial charge in [0.2, 0.25) is 5.91 Å². The molecule has 0 unspecified atom stereocenters. The van der Waals surface area contributed by atoms with Crippen molar-refractivity contribution in [3.8, 4) is 11.5 Å². The second kappa shape index (κ2) is 6.97. The summed E-state index contributed by atoms with van der Waals surface area (Å²) in [6, 6.07) is 9.48. The molecule has 0 bridgehead atoms. The first-order valence-corrected chi connectivity index (χ1v) is 8.62. The zero-order valence-corrected chi connectivity index (χ0v) is 14.7. The van der Waals surface area contributed by atoms with E-state index < -0.39 is 0 Å². The summed E-state index contributed by atoms with van der Waals surface area (Å²) in [6.07, 6.45) is 2.47. The summed E-state index contributed by atoms with van der Waals surface area (Å²) >= 11 is 1.63. The van der Waals surface area contributed by atoms with Crippen molar-refractivity contribution in [1.82, 2.24) is 10.4 Å². The summed E-state index contributed by atoms with van der Waals surface area (Å²) < 4.78 is 10.9. The van der Waals surface area contributed by atoms with E-state index in [1.165, 1.54) is 0 Å². The number of carbonyl (C=O) groups is 1. The Morgan fingerprint density at radius 3 is 2.71 bits per heavy atom. The molecule has 24 heavy (non-hydrogen) atoms. The number of hydrazine groups is 1. The molecule has 0 spiro atoms. The lowest BCUT2D eigenvalue weighted by Crippen LogP contribution is -2.39. The number of hydrogen-bond donors (Lipinski definition) is 1. The van der Waals surface area contributed by atoms with E-state index in [-0.39, 0.29) is 11.9 Å². The summed E-state index contributed by atoms with van der Waals surface area (Å²) in [5.74, 6) is 1.31. The highest BCUT2D eigenvalue weighted by molar-refractivity contribution is 7.11. The molecule has 0 saturated carbocycles. The van der Waals surface area contributed by atoms with E-state index in [9.17, 15) is 4.79 Å². The Bertz CT molecular complexity index is 756. The maximum absolute atomic E-state index is 12.4. The minimum atomic E-state index is -0.250. The normalized spacial score (nSPS) is 16.5. The van der Waals surface area contributed by atoms with Crippen molar-refractivity contribution in [1.29, 1.82) is 0 Å². The van der Waals surface area contributed by atoms with E-state index in [0.717, 1.165) is 16.1 Å². The average Bonchev–Trinajstić information content (AvgIpc) is 3.29. The number of thiophene rings is 1. The van der Waals surface area contributed by atoms with Crippen LogP contribution in [0.15, 0.2) is 41.8 Å². The fourth-order valence-corrected chi connectivity index (χ4v) is 3.50. The van der Waals surface area contributed by atoms with Gasteiger partial charge in [0.05, 0.1) is 24.8 Å². The van der Waals surface area contributed by atoms with E-state index in [1.54, 1.807) is 30.6 Å². The Morgan fingerprint density at radius 1 is 1.25 bits per heavy atom. The molecule has 5 nitrogen and oxygen atoms in total. The summed E-state index contributed by atoms with van der Waals surface area (Å²) in [5, 5.41) is 3.68. The number of carbonyl (C=O) groups excluding carboxylic acids is 1. The SMILES string of the molecule is CCC(=O)N1NC(c2cccs2)=C[C@H]1c1cccc(OC)c1OC. The van der Waals surface area contributed by atoms with Gasteiger partial charge in [-0.05, 0) is 23.6 Å². The molecule has 1 aliphatic rings. The Hall–Kier alpha value is -2.47. The highest BCUT2D eigenvalue weighted by atomic mass is 32.1. The molecule has 1 aromatic carbocycles. The predicted molar refractivity (Wildman–Crippen MR) is 94.9 cm³/mol. The standard InChI is InChI=1S/C18H20N2O3S/c1-4-17(21)20-14(11-13(19-20)16-9-6-10-24-16)12-7-5-8-15(22-2)18(12)23-3/h5-11,14,19H,4H2,1-3H3/t14-/m0/s1. The number of methoxy groups -OCH3 is 2. The first-order valence-electron chi connectivity index (χ1n) is 7.74. The van der Waals surface area contributed by atoms with E-state index in [0.29, 0.717) is 17.9 Å². The maximum Gasteiger partial charge on any atom is 0.241 e. The lowest BCUT2D eigenvalue weighted by Gasteiger charge is -2.26. The van der Waals surface area contributed by atoms with Gasteiger partial charge >= 0.3 is 0 Å². The third-order valence-electron chi connectivity index (χ3n) is 3.95. The highest BCUT2D eigenvalue weighted by Gasteiger charge is 2.32. The monoisotopic (exact) mass is 344 g/mol. The smallest absolute Gasteiger partial charge is 0.241 e. The quantitative estimate of drug-likeness (QED) is 0.900. The van der Waals surface area contributed by atoms with Gasteiger partial charge in [0.25, 0.3) is 0 Å². The van der Waals surface area contributed by atoms with Crippen LogP contribution in [-0.4, -0.2) is 25.1 Å². The van der Waals surface area contributed by atoms with Gasteiger partial charge in [0.1, 0.15) is 6.04 Å². The molecule has 0 aliphatic carbocycles. The summed E-state index contributed by atoms with van der Waals surface area (Å²) in [4.78, 5) is 13.5. The Morgan fingerprint density at radius 2 is 2.08 bits per heavy atom. The number of rotatable bonds is 5. The second-order valence-electron chi connectivity index (χ2n) is 5.31. The zero-order valence-electron chi connectivity index (χ0n) is 13.9. The number of hydrogen-bond acceptors (Lipinski definition) is 5. The molecule has 1 N–H and O–H groups in total. The van der Waals surface area contributed by atoms with Gasteiger partial charge in [-0.15, -0.1) is 11.3 Å². The van der Waals surface area contributed by atoms with Crippen LogP contribution in [0.1, 0.15) is 29.8 Å². The molecular formula is C18H20N2O3S. The number of nitrogens with zero attached hydrogens (tertiary/aromatic N) is 1. The largest absolute Gasteiger partial charge is 0.493 e. The van der Waals surface area contributed by atoms with Crippen molar-refractivity contribution in [3.05, 3.63) is 52.2 Å². The summed E-state index contributed by atoms with van der Waals surface area (Å²) in [7, 11) is 3.22. The van der Waals surface area contributed by atoms with Gasteiger partial charge in [-0.3, -0.25) is 10.2 Å². The molecular weight excluding hydrogens is 324 g/mol. The molecule has 0 saturated heterocycles. The van der Waals surface area contributed by atoms with Crippen molar-refractivity contribution in [2.75, 3.05) is 14.2 Å². The van der Waals surface area contributed by atoms with Gasteiger partial charge in [0, 0.05) is 12.0 Å². The number of benzene rings is 1. The molecule has 1 aliphatic heterocycles. The van der Waals surface area contributed by atoms with Gasteiger partial charge < -0.3 is 9.47 Å². The first-order chi connectivity index (χ1) is 11.7. The van der Waals surface area contributed by atoms with Crippen LogP contribution < -0.4 is 14.9 Å². The molecule has 6 heteroatoms. The summed E-state index contributed by atoms with van der Waals surface area (Å²) in [5.41, 5.74) is 5.06. The van der Waals surface area contributed by atoms with Gasteiger partial charge in [-0.2, -0.15) is 0 Å². The van der Waals surface area contributed by atoms with E-state index >= 15 is 0 Å². The van der Waals surface area contributed by atoms with Crippen LogP contribution in [0.4, 0.5) is 0 Å². The Kier molecular flexibility index (Phi) is 4.76. The molecule has 1 amide bonds.